The molecule has 2 aromatic heterocycles. The van der Waals surface area contributed by atoms with Crippen LogP contribution in [0.4, 0.5) is 0 Å². The molecular formula is C12H10ClN3S2. The van der Waals surface area contributed by atoms with Gasteiger partial charge in [-0.1, -0.05) is 11.6 Å². The molecule has 0 atom stereocenters. The summed E-state index contributed by atoms with van der Waals surface area (Å²) >= 11 is 13.0. The van der Waals surface area contributed by atoms with Crippen molar-refractivity contribution in [1.29, 1.82) is 0 Å². The molecule has 3 aromatic rings. The van der Waals surface area contributed by atoms with Crippen molar-refractivity contribution in [3.8, 4) is 0 Å². The SMILES string of the molecule is Cc1ncsc1Cn1c(=S)[nH]c2ccc(Cl)cc21. The summed E-state index contributed by atoms with van der Waals surface area (Å²) in [7, 11) is 0. The van der Waals surface area contributed by atoms with Crippen LogP contribution in [0.2, 0.25) is 5.02 Å². The summed E-state index contributed by atoms with van der Waals surface area (Å²) in [6.45, 7) is 2.74. The number of hydrogen-bond acceptors (Lipinski definition) is 3. The smallest absolute Gasteiger partial charge is 0.178 e. The quantitative estimate of drug-likeness (QED) is 0.720. The van der Waals surface area contributed by atoms with E-state index in [1.807, 2.05) is 30.6 Å². The van der Waals surface area contributed by atoms with Crippen molar-refractivity contribution in [2.75, 3.05) is 0 Å². The number of fused-ring (bicyclic) bond motifs is 1. The number of benzene rings is 1. The maximum atomic E-state index is 6.04. The lowest BCUT2D eigenvalue weighted by molar-refractivity contribution is 0.815. The van der Waals surface area contributed by atoms with Crippen molar-refractivity contribution < 1.29 is 0 Å². The zero-order valence-electron chi connectivity index (χ0n) is 9.61. The third-order valence-electron chi connectivity index (χ3n) is 2.88. The van der Waals surface area contributed by atoms with Crippen LogP contribution in [-0.4, -0.2) is 14.5 Å². The molecule has 2 heterocycles. The maximum absolute atomic E-state index is 6.04. The van der Waals surface area contributed by atoms with Crippen LogP contribution in [0.1, 0.15) is 10.6 Å². The molecule has 92 valence electrons. The van der Waals surface area contributed by atoms with E-state index < -0.39 is 0 Å². The lowest BCUT2D eigenvalue weighted by Crippen LogP contribution is -1.99. The molecule has 0 aliphatic carbocycles. The van der Waals surface area contributed by atoms with Crippen molar-refractivity contribution in [2.45, 2.75) is 13.5 Å². The lowest BCUT2D eigenvalue weighted by atomic mass is 10.3. The summed E-state index contributed by atoms with van der Waals surface area (Å²) in [5, 5.41) is 0.714. The molecule has 0 spiro atoms. The number of thiazole rings is 1. The molecular weight excluding hydrogens is 286 g/mol. The molecule has 0 saturated carbocycles. The number of aromatic amines is 1. The first-order chi connectivity index (χ1) is 8.65. The first-order valence-corrected chi connectivity index (χ1v) is 7.09. The number of H-pyrrole nitrogens is 1. The monoisotopic (exact) mass is 295 g/mol. The van der Waals surface area contributed by atoms with Gasteiger partial charge < -0.3 is 9.55 Å². The molecule has 0 aliphatic rings. The topological polar surface area (TPSA) is 33.6 Å². The summed E-state index contributed by atoms with van der Waals surface area (Å²) < 4.78 is 2.76. The van der Waals surface area contributed by atoms with Crippen molar-refractivity contribution in [2.24, 2.45) is 0 Å². The molecule has 6 heteroatoms. The minimum Gasteiger partial charge on any atom is -0.331 e. The molecule has 0 fully saturated rings. The fourth-order valence-electron chi connectivity index (χ4n) is 1.90. The Hall–Kier alpha value is -1.17. The van der Waals surface area contributed by atoms with Gasteiger partial charge in [-0.3, -0.25) is 0 Å². The van der Waals surface area contributed by atoms with Crippen LogP contribution in [0.15, 0.2) is 23.7 Å². The van der Waals surface area contributed by atoms with E-state index in [0.717, 1.165) is 23.3 Å². The highest BCUT2D eigenvalue weighted by molar-refractivity contribution is 7.71. The molecule has 0 saturated heterocycles. The van der Waals surface area contributed by atoms with Gasteiger partial charge in [-0.25, -0.2) is 4.98 Å². The van der Waals surface area contributed by atoms with E-state index in [1.54, 1.807) is 11.3 Å². The number of rotatable bonds is 2. The van der Waals surface area contributed by atoms with Gasteiger partial charge in [0.1, 0.15) is 0 Å². The Morgan fingerprint density at radius 3 is 3.06 bits per heavy atom. The average molecular weight is 296 g/mol. The Bertz CT molecular complexity index is 769. The normalized spacial score (nSPS) is 11.2. The number of hydrogen-bond donors (Lipinski definition) is 1. The van der Waals surface area contributed by atoms with Crippen molar-refractivity contribution in [1.82, 2.24) is 14.5 Å². The van der Waals surface area contributed by atoms with Gasteiger partial charge in [-0.05, 0) is 37.3 Å². The molecule has 3 rings (SSSR count). The van der Waals surface area contributed by atoms with E-state index in [1.165, 1.54) is 4.88 Å². The lowest BCUT2D eigenvalue weighted by Gasteiger charge is -2.03. The van der Waals surface area contributed by atoms with Gasteiger partial charge in [0.25, 0.3) is 0 Å². The summed E-state index contributed by atoms with van der Waals surface area (Å²) in [6.07, 6.45) is 0. The number of nitrogens with zero attached hydrogens (tertiary/aromatic N) is 2. The van der Waals surface area contributed by atoms with Gasteiger partial charge in [0, 0.05) is 9.90 Å². The van der Waals surface area contributed by atoms with E-state index in [4.69, 9.17) is 23.8 Å². The summed E-state index contributed by atoms with van der Waals surface area (Å²) in [4.78, 5) is 8.66. The highest BCUT2D eigenvalue weighted by Gasteiger charge is 2.08. The van der Waals surface area contributed by atoms with Gasteiger partial charge in [0.05, 0.1) is 28.8 Å². The Balaban J connectivity index is 2.17. The van der Waals surface area contributed by atoms with Gasteiger partial charge in [-0.2, -0.15) is 0 Å². The van der Waals surface area contributed by atoms with E-state index >= 15 is 0 Å². The van der Waals surface area contributed by atoms with Crippen molar-refractivity contribution in [3.05, 3.63) is 44.1 Å². The minimum absolute atomic E-state index is 0.708. The minimum atomic E-state index is 0.708. The molecule has 0 amide bonds. The number of aromatic nitrogens is 3. The van der Waals surface area contributed by atoms with Gasteiger partial charge in [0.15, 0.2) is 4.77 Å². The molecule has 1 aromatic carbocycles. The molecule has 0 unspecified atom stereocenters. The zero-order valence-corrected chi connectivity index (χ0v) is 12.0. The van der Waals surface area contributed by atoms with Crippen LogP contribution in [-0.2, 0) is 6.54 Å². The average Bonchev–Trinajstić information content (AvgIpc) is 2.86. The van der Waals surface area contributed by atoms with E-state index in [9.17, 15) is 0 Å². The Morgan fingerprint density at radius 1 is 1.50 bits per heavy atom. The number of imidazole rings is 1. The van der Waals surface area contributed by atoms with Crippen molar-refractivity contribution in [3.63, 3.8) is 0 Å². The zero-order chi connectivity index (χ0) is 12.7. The maximum Gasteiger partial charge on any atom is 0.178 e. The second kappa shape index (κ2) is 4.50. The second-order valence-corrected chi connectivity index (χ2v) is 5.80. The van der Waals surface area contributed by atoms with Gasteiger partial charge in [0.2, 0.25) is 0 Å². The largest absolute Gasteiger partial charge is 0.331 e. The van der Waals surface area contributed by atoms with Gasteiger partial charge >= 0.3 is 0 Å². The number of aryl methyl sites for hydroxylation is 1. The van der Waals surface area contributed by atoms with Crippen molar-refractivity contribution >= 4 is 46.2 Å². The van der Waals surface area contributed by atoms with Gasteiger partial charge in [-0.15, -0.1) is 11.3 Å². The van der Waals surface area contributed by atoms with Crippen LogP contribution < -0.4 is 0 Å². The third kappa shape index (κ3) is 1.98. The Morgan fingerprint density at radius 2 is 2.33 bits per heavy atom. The molecule has 1 N–H and O–H groups in total. The third-order valence-corrected chi connectivity index (χ3v) is 4.36. The first kappa shape index (κ1) is 11.9. The van der Waals surface area contributed by atoms with E-state index in [0.29, 0.717) is 9.79 Å². The fraction of sp³-hybridized carbons (Fsp3) is 0.167. The van der Waals surface area contributed by atoms with Crippen LogP contribution in [0.25, 0.3) is 11.0 Å². The molecule has 3 nitrogen and oxygen atoms in total. The predicted octanol–water partition coefficient (Wildman–Crippen LogP) is 4.17. The first-order valence-electron chi connectivity index (χ1n) is 5.42. The molecule has 0 aliphatic heterocycles. The predicted molar refractivity (Wildman–Crippen MR) is 78.1 cm³/mol. The summed E-state index contributed by atoms with van der Waals surface area (Å²) in [6, 6.07) is 5.74. The summed E-state index contributed by atoms with van der Waals surface area (Å²) in [5.41, 5.74) is 4.95. The second-order valence-electron chi connectivity index (χ2n) is 4.04. The Labute approximate surface area is 118 Å². The van der Waals surface area contributed by atoms with Crippen LogP contribution in [0.3, 0.4) is 0 Å². The Kier molecular flexibility index (Phi) is 2.97. The van der Waals surface area contributed by atoms with Crippen LogP contribution in [0, 0.1) is 11.7 Å². The highest BCUT2D eigenvalue weighted by atomic mass is 35.5. The van der Waals surface area contributed by atoms with E-state index in [-0.39, 0.29) is 0 Å². The highest BCUT2D eigenvalue weighted by Crippen LogP contribution is 2.22. The fourth-order valence-corrected chi connectivity index (χ4v) is 3.11. The number of nitrogens with one attached hydrogen (secondary N) is 1. The molecule has 18 heavy (non-hydrogen) atoms. The standard InChI is InChI=1S/C12H10ClN3S2/c1-7-11(18-6-14-7)5-16-10-4-8(13)2-3-9(10)15-12(16)17/h2-4,6H,5H2,1H3,(H,15,17). The molecule has 0 radical (unpaired) electrons. The number of halogens is 1. The summed E-state index contributed by atoms with van der Waals surface area (Å²) in [5.74, 6) is 0. The molecule has 0 bridgehead atoms. The van der Waals surface area contributed by atoms with E-state index in [2.05, 4.69) is 14.5 Å². The van der Waals surface area contributed by atoms with Crippen LogP contribution in [0.5, 0.6) is 0 Å². The van der Waals surface area contributed by atoms with Crippen LogP contribution >= 0.6 is 35.2 Å².